The van der Waals surface area contributed by atoms with Crippen LogP contribution in [0, 0.1) is 5.92 Å². The van der Waals surface area contributed by atoms with Crippen LogP contribution in [0.2, 0.25) is 0 Å². The lowest BCUT2D eigenvalue weighted by Crippen LogP contribution is -2.40. The Bertz CT molecular complexity index is 257. The maximum Gasteiger partial charge on any atom is 0.410 e. The average molecular weight is 272 g/mol. The standard InChI is InChI=1S/C15H32N2O2/c1-8-13(9-2)16-10-12(3)11-17(7)14(18)19-15(4,5)6/h12-13,16H,8-11H2,1-7H3. The van der Waals surface area contributed by atoms with Gasteiger partial charge in [-0.3, -0.25) is 0 Å². The molecule has 1 N–H and O–H groups in total. The lowest BCUT2D eigenvalue weighted by Gasteiger charge is -2.27. The van der Waals surface area contributed by atoms with Crippen LogP contribution in [0.15, 0.2) is 0 Å². The largest absolute Gasteiger partial charge is 0.444 e. The third kappa shape index (κ3) is 8.87. The number of rotatable bonds is 7. The number of carbonyl (C=O) groups excluding carboxylic acids is 1. The summed E-state index contributed by atoms with van der Waals surface area (Å²) in [7, 11) is 1.79. The van der Waals surface area contributed by atoms with Crippen molar-refractivity contribution >= 4 is 6.09 Å². The van der Waals surface area contributed by atoms with Crippen LogP contribution in [-0.4, -0.2) is 42.8 Å². The maximum absolute atomic E-state index is 11.8. The Balaban J connectivity index is 4.04. The third-order valence-electron chi connectivity index (χ3n) is 3.03. The highest BCUT2D eigenvalue weighted by atomic mass is 16.6. The zero-order valence-electron chi connectivity index (χ0n) is 13.7. The molecule has 0 aromatic heterocycles. The zero-order valence-corrected chi connectivity index (χ0v) is 13.7. The molecule has 1 amide bonds. The first kappa shape index (κ1) is 18.2. The van der Waals surface area contributed by atoms with Crippen molar-refractivity contribution in [3.63, 3.8) is 0 Å². The summed E-state index contributed by atoms with van der Waals surface area (Å²) in [4.78, 5) is 13.5. The van der Waals surface area contributed by atoms with E-state index < -0.39 is 5.60 Å². The van der Waals surface area contributed by atoms with Crippen molar-refractivity contribution in [3.8, 4) is 0 Å². The first-order valence-corrected chi connectivity index (χ1v) is 7.37. The lowest BCUT2D eigenvalue weighted by atomic mass is 10.1. The van der Waals surface area contributed by atoms with Crippen LogP contribution in [0.1, 0.15) is 54.4 Å². The van der Waals surface area contributed by atoms with Crippen molar-refractivity contribution in [3.05, 3.63) is 0 Å². The molecular weight excluding hydrogens is 240 g/mol. The molecule has 0 saturated carbocycles. The highest BCUT2D eigenvalue weighted by molar-refractivity contribution is 5.67. The topological polar surface area (TPSA) is 41.6 Å². The minimum absolute atomic E-state index is 0.248. The third-order valence-corrected chi connectivity index (χ3v) is 3.03. The number of ether oxygens (including phenoxy) is 1. The summed E-state index contributed by atoms with van der Waals surface area (Å²) in [6.45, 7) is 13.8. The van der Waals surface area contributed by atoms with Gasteiger partial charge in [0.1, 0.15) is 5.60 Å². The van der Waals surface area contributed by atoms with E-state index in [1.54, 1.807) is 11.9 Å². The number of hydrogen-bond acceptors (Lipinski definition) is 3. The van der Waals surface area contributed by atoms with E-state index >= 15 is 0 Å². The number of hydrogen-bond donors (Lipinski definition) is 1. The predicted molar refractivity (Wildman–Crippen MR) is 80.4 cm³/mol. The van der Waals surface area contributed by atoms with Crippen LogP contribution >= 0.6 is 0 Å². The fourth-order valence-electron chi connectivity index (χ4n) is 1.89. The van der Waals surface area contributed by atoms with E-state index in [0.29, 0.717) is 18.5 Å². The molecule has 1 atom stereocenters. The van der Waals surface area contributed by atoms with Crippen molar-refractivity contribution in [2.45, 2.75) is 66.0 Å². The molecule has 0 spiro atoms. The lowest BCUT2D eigenvalue weighted by molar-refractivity contribution is 0.0276. The Morgan fingerprint density at radius 1 is 1.26 bits per heavy atom. The molecule has 0 aliphatic rings. The van der Waals surface area contributed by atoms with Crippen LogP contribution in [-0.2, 0) is 4.74 Å². The smallest absolute Gasteiger partial charge is 0.410 e. The van der Waals surface area contributed by atoms with E-state index in [-0.39, 0.29) is 6.09 Å². The van der Waals surface area contributed by atoms with Crippen molar-refractivity contribution < 1.29 is 9.53 Å². The highest BCUT2D eigenvalue weighted by Crippen LogP contribution is 2.10. The molecule has 19 heavy (non-hydrogen) atoms. The summed E-state index contributed by atoms with van der Waals surface area (Å²) in [6, 6.07) is 0.578. The molecule has 0 aliphatic heterocycles. The summed E-state index contributed by atoms with van der Waals surface area (Å²) in [5.74, 6) is 0.415. The molecule has 0 aliphatic carbocycles. The first-order valence-electron chi connectivity index (χ1n) is 7.37. The van der Waals surface area contributed by atoms with Gasteiger partial charge in [-0.1, -0.05) is 20.8 Å². The molecule has 4 heteroatoms. The molecule has 114 valence electrons. The quantitative estimate of drug-likeness (QED) is 0.773. The molecule has 0 bridgehead atoms. The van der Waals surface area contributed by atoms with Crippen LogP contribution < -0.4 is 5.32 Å². The van der Waals surface area contributed by atoms with E-state index in [2.05, 4.69) is 26.1 Å². The number of nitrogens with zero attached hydrogens (tertiary/aromatic N) is 1. The Hall–Kier alpha value is -0.770. The zero-order chi connectivity index (χ0) is 15.1. The van der Waals surface area contributed by atoms with Crippen LogP contribution in [0.4, 0.5) is 4.79 Å². The van der Waals surface area contributed by atoms with Crippen molar-refractivity contribution in [2.75, 3.05) is 20.1 Å². The molecule has 1 unspecified atom stereocenters. The Kier molecular flexibility index (Phi) is 8.07. The predicted octanol–water partition coefficient (Wildman–Crippen LogP) is 3.27. The molecule has 0 saturated heterocycles. The maximum atomic E-state index is 11.8. The molecule has 0 rings (SSSR count). The summed E-state index contributed by atoms with van der Waals surface area (Å²) in [5, 5.41) is 3.53. The summed E-state index contributed by atoms with van der Waals surface area (Å²) in [6.07, 6.45) is 2.04. The van der Waals surface area contributed by atoms with Gasteiger partial charge in [-0.2, -0.15) is 0 Å². The Labute approximate surface area is 118 Å². The summed E-state index contributed by atoms with van der Waals surface area (Å²) >= 11 is 0. The van der Waals surface area contributed by atoms with Gasteiger partial charge in [0.05, 0.1) is 0 Å². The van der Waals surface area contributed by atoms with Crippen molar-refractivity contribution in [2.24, 2.45) is 5.92 Å². The highest BCUT2D eigenvalue weighted by Gasteiger charge is 2.20. The molecule has 0 aromatic carbocycles. The van der Waals surface area contributed by atoms with Crippen molar-refractivity contribution in [1.29, 1.82) is 0 Å². The second-order valence-electron chi connectivity index (χ2n) is 6.39. The van der Waals surface area contributed by atoms with Crippen LogP contribution in [0.25, 0.3) is 0 Å². The summed E-state index contributed by atoms with van der Waals surface area (Å²) in [5.41, 5.74) is -0.428. The molecule has 0 radical (unpaired) electrons. The minimum Gasteiger partial charge on any atom is -0.444 e. The molecule has 0 aromatic rings. The molecule has 0 fully saturated rings. The fraction of sp³-hybridized carbons (Fsp3) is 0.933. The first-order chi connectivity index (χ1) is 8.69. The minimum atomic E-state index is -0.428. The van der Waals surface area contributed by atoms with Gasteiger partial charge in [0.25, 0.3) is 0 Å². The van der Waals surface area contributed by atoms with Gasteiger partial charge < -0.3 is 15.0 Å². The van der Waals surface area contributed by atoms with E-state index in [9.17, 15) is 4.79 Å². The van der Waals surface area contributed by atoms with Crippen LogP contribution in [0.5, 0.6) is 0 Å². The van der Waals surface area contributed by atoms with Gasteiger partial charge in [0, 0.05) is 19.6 Å². The van der Waals surface area contributed by atoms with E-state index in [1.807, 2.05) is 20.8 Å². The van der Waals surface area contributed by atoms with E-state index in [1.165, 1.54) is 0 Å². The SMILES string of the molecule is CCC(CC)NCC(C)CN(C)C(=O)OC(C)(C)C. The Morgan fingerprint density at radius 3 is 2.21 bits per heavy atom. The second-order valence-corrected chi connectivity index (χ2v) is 6.39. The molecular formula is C15H32N2O2. The normalized spacial score (nSPS) is 13.5. The number of carbonyl (C=O) groups is 1. The number of amides is 1. The van der Waals surface area contributed by atoms with Crippen molar-refractivity contribution in [1.82, 2.24) is 10.2 Å². The van der Waals surface area contributed by atoms with E-state index in [0.717, 1.165) is 19.4 Å². The van der Waals surface area contributed by atoms with Gasteiger partial charge in [0.15, 0.2) is 0 Å². The second kappa shape index (κ2) is 8.41. The number of nitrogens with one attached hydrogen (secondary N) is 1. The van der Waals surface area contributed by atoms with Gasteiger partial charge in [-0.15, -0.1) is 0 Å². The van der Waals surface area contributed by atoms with Gasteiger partial charge in [-0.25, -0.2) is 4.79 Å². The molecule has 0 heterocycles. The van der Waals surface area contributed by atoms with Gasteiger partial charge >= 0.3 is 6.09 Å². The van der Waals surface area contributed by atoms with E-state index in [4.69, 9.17) is 4.74 Å². The fourth-order valence-corrected chi connectivity index (χ4v) is 1.89. The summed E-state index contributed by atoms with van der Waals surface area (Å²) < 4.78 is 5.33. The Morgan fingerprint density at radius 2 is 1.79 bits per heavy atom. The van der Waals surface area contributed by atoms with Gasteiger partial charge in [-0.05, 0) is 46.1 Å². The van der Waals surface area contributed by atoms with Crippen LogP contribution in [0.3, 0.4) is 0 Å². The molecule has 4 nitrogen and oxygen atoms in total. The monoisotopic (exact) mass is 272 g/mol. The average Bonchev–Trinajstić information content (AvgIpc) is 2.28. The van der Waals surface area contributed by atoms with Gasteiger partial charge in [0.2, 0.25) is 0 Å².